The van der Waals surface area contributed by atoms with Crippen LogP contribution in [0.2, 0.25) is 0 Å². The molecule has 1 aliphatic heterocycles. The maximum absolute atomic E-state index is 13.4. The van der Waals surface area contributed by atoms with Gasteiger partial charge in [0.1, 0.15) is 22.6 Å². The van der Waals surface area contributed by atoms with Gasteiger partial charge in [-0.3, -0.25) is 4.79 Å². The Morgan fingerprint density at radius 1 is 0.833 bits per heavy atom. The van der Waals surface area contributed by atoms with Gasteiger partial charge < -0.3 is 15.5 Å². The van der Waals surface area contributed by atoms with Gasteiger partial charge in [0.15, 0.2) is 0 Å². The van der Waals surface area contributed by atoms with Crippen molar-refractivity contribution >= 4 is 17.7 Å². The molecule has 0 aliphatic carbocycles. The summed E-state index contributed by atoms with van der Waals surface area (Å²) in [6.45, 7) is 0. The maximum atomic E-state index is 13.4. The van der Waals surface area contributed by atoms with E-state index in [2.05, 4.69) is 5.32 Å². The molecule has 4 nitrogen and oxygen atoms in total. The van der Waals surface area contributed by atoms with Crippen molar-refractivity contribution in [3.8, 4) is 5.75 Å². The molecule has 4 unspecified atom stereocenters. The second-order valence-corrected chi connectivity index (χ2v) is 8.39. The highest BCUT2D eigenvalue weighted by Crippen LogP contribution is 2.47. The molecule has 1 heterocycles. The van der Waals surface area contributed by atoms with E-state index in [1.165, 1.54) is 48.2 Å². The summed E-state index contributed by atoms with van der Waals surface area (Å²) in [6, 6.07) is 17.6. The van der Waals surface area contributed by atoms with Crippen molar-refractivity contribution in [1.82, 2.24) is 5.32 Å². The zero-order valence-corrected chi connectivity index (χ0v) is 16.5. The molecule has 0 aromatic heterocycles. The summed E-state index contributed by atoms with van der Waals surface area (Å²) in [5, 5.41) is 22.3. The van der Waals surface area contributed by atoms with E-state index in [9.17, 15) is 23.8 Å². The Morgan fingerprint density at radius 2 is 1.37 bits per heavy atom. The van der Waals surface area contributed by atoms with Gasteiger partial charge in [-0.25, -0.2) is 8.78 Å². The fourth-order valence-corrected chi connectivity index (χ4v) is 4.94. The molecule has 0 saturated carbocycles. The molecule has 0 radical (unpaired) electrons. The van der Waals surface area contributed by atoms with Gasteiger partial charge in [-0.05, 0) is 53.1 Å². The van der Waals surface area contributed by atoms with Crippen LogP contribution < -0.4 is 5.32 Å². The molecule has 3 N–H and O–H groups in total. The van der Waals surface area contributed by atoms with E-state index in [4.69, 9.17) is 0 Å². The molecule has 3 aromatic rings. The van der Waals surface area contributed by atoms with E-state index in [1.54, 1.807) is 36.4 Å². The standard InChI is InChI=1S/C23H19F2NO3S/c24-16-7-1-14(2-8-16)20(28)21(15-3-9-17(25)10-4-15)30-22-19(26-23(22)29)13-5-11-18(27)12-6-13/h1-12,19-22,27-28H,(H,26,29). The normalized spacial score (nSPS) is 20.2. The zero-order valence-electron chi connectivity index (χ0n) is 15.7. The number of aliphatic hydroxyl groups excluding tert-OH is 1. The largest absolute Gasteiger partial charge is 0.508 e. The highest BCUT2D eigenvalue weighted by Gasteiger charge is 2.43. The van der Waals surface area contributed by atoms with Crippen molar-refractivity contribution in [2.45, 2.75) is 22.6 Å². The maximum Gasteiger partial charge on any atom is 0.236 e. The van der Waals surface area contributed by atoms with E-state index in [-0.39, 0.29) is 17.7 Å². The third-order valence-corrected chi connectivity index (χ3v) is 6.70. The number of amides is 1. The lowest BCUT2D eigenvalue weighted by atomic mass is 9.96. The van der Waals surface area contributed by atoms with Gasteiger partial charge in [0.2, 0.25) is 5.91 Å². The number of thioether (sulfide) groups is 1. The fraction of sp³-hybridized carbons (Fsp3) is 0.174. The number of nitrogens with one attached hydrogen (secondary N) is 1. The number of phenolic OH excluding ortho intramolecular Hbond substituents is 1. The third-order valence-electron chi connectivity index (χ3n) is 5.10. The van der Waals surface area contributed by atoms with Crippen molar-refractivity contribution < 1.29 is 23.8 Å². The van der Waals surface area contributed by atoms with E-state index in [1.807, 2.05) is 0 Å². The van der Waals surface area contributed by atoms with Gasteiger partial charge in [-0.1, -0.05) is 36.4 Å². The van der Waals surface area contributed by atoms with Crippen LogP contribution in [0.3, 0.4) is 0 Å². The van der Waals surface area contributed by atoms with Crippen molar-refractivity contribution in [3.05, 3.63) is 101 Å². The lowest BCUT2D eigenvalue weighted by Crippen LogP contribution is -2.54. The lowest BCUT2D eigenvalue weighted by molar-refractivity contribution is -0.127. The Hall–Kier alpha value is -2.90. The molecule has 0 spiro atoms. The Bertz CT molecular complexity index is 1030. The summed E-state index contributed by atoms with van der Waals surface area (Å²) in [6.07, 6.45) is -1.03. The fourth-order valence-electron chi connectivity index (χ4n) is 3.43. The zero-order chi connectivity index (χ0) is 21.3. The molecular formula is C23H19F2NO3S. The first kappa shape index (κ1) is 20.4. The Morgan fingerprint density at radius 3 is 1.90 bits per heavy atom. The molecule has 0 bridgehead atoms. The van der Waals surface area contributed by atoms with Crippen molar-refractivity contribution in [1.29, 1.82) is 0 Å². The molecule has 30 heavy (non-hydrogen) atoms. The molecule has 154 valence electrons. The average Bonchev–Trinajstić information content (AvgIpc) is 2.74. The smallest absolute Gasteiger partial charge is 0.236 e. The number of aliphatic hydroxyl groups is 1. The van der Waals surface area contributed by atoms with Crippen LogP contribution in [0.4, 0.5) is 8.78 Å². The SMILES string of the molecule is O=C1NC(c2ccc(O)cc2)C1SC(c1ccc(F)cc1)C(O)c1ccc(F)cc1. The predicted molar refractivity (Wildman–Crippen MR) is 111 cm³/mol. The minimum atomic E-state index is -1.03. The number of carbonyl (C=O) groups excluding carboxylic acids is 1. The molecule has 4 atom stereocenters. The van der Waals surface area contributed by atoms with Crippen molar-refractivity contribution in [2.75, 3.05) is 0 Å². The van der Waals surface area contributed by atoms with Crippen LogP contribution in [0, 0.1) is 11.6 Å². The quantitative estimate of drug-likeness (QED) is 0.510. The molecule has 7 heteroatoms. The number of phenols is 1. The number of halogens is 2. The van der Waals surface area contributed by atoms with Gasteiger partial charge in [0.25, 0.3) is 0 Å². The molecule has 1 aliphatic rings. The van der Waals surface area contributed by atoms with E-state index in [0.717, 1.165) is 5.56 Å². The van der Waals surface area contributed by atoms with E-state index >= 15 is 0 Å². The minimum absolute atomic E-state index is 0.129. The van der Waals surface area contributed by atoms with Gasteiger partial charge in [-0.2, -0.15) is 0 Å². The van der Waals surface area contributed by atoms with Crippen LogP contribution in [-0.2, 0) is 4.79 Å². The number of rotatable bonds is 6. The topological polar surface area (TPSA) is 69.6 Å². The summed E-state index contributed by atoms with van der Waals surface area (Å²) >= 11 is 1.27. The summed E-state index contributed by atoms with van der Waals surface area (Å²) < 4.78 is 26.8. The van der Waals surface area contributed by atoms with Gasteiger partial charge in [0.05, 0.1) is 17.4 Å². The molecule has 1 fully saturated rings. The second-order valence-electron chi connectivity index (χ2n) is 7.10. The third kappa shape index (κ3) is 4.17. The monoisotopic (exact) mass is 427 g/mol. The predicted octanol–water partition coefficient (Wildman–Crippen LogP) is 4.42. The Labute approximate surface area is 176 Å². The number of hydrogen-bond donors (Lipinski definition) is 3. The number of benzene rings is 3. The molecule has 4 rings (SSSR count). The molecular weight excluding hydrogens is 408 g/mol. The van der Waals surface area contributed by atoms with Crippen LogP contribution in [0.1, 0.15) is 34.1 Å². The van der Waals surface area contributed by atoms with Gasteiger partial charge >= 0.3 is 0 Å². The minimum Gasteiger partial charge on any atom is -0.508 e. The number of aromatic hydroxyl groups is 1. The van der Waals surface area contributed by atoms with Crippen LogP contribution in [0.25, 0.3) is 0 Å². The number of carbonyl (C=O) groups is 1. The van der Waals surface area contributed by atoms with Crippen molar-refractivity contribution in [3.63, 3.8) is 0 Å². The Kier molecular flexibility index (Phi) is 5.74. The van der Waals surface area contributed by atoms with Gasteiger partial charge in [0, 0.05) is 0 Å². The summed E-state index contributed by atoms with van der Waals surface area (Å²) in [5.74, 6) is -0.856. The summed E-state index contributed by atoms with van der Waals surface area (Å²) in [7, 11) is 0. The van der Waals surface area contributed by atoms with E-state index in [0.29, 0.717) is 11.1 Å². The summed E-state index contributed by atoms with van der Waals surface area (Å²) in [5.41, 5.74) is 1.99. The van der Waals surface area contributed by atoms with E-state index < -0.39 is 28.2 Å². The molecule has 1 amide bonds. The first-order valence-corrected chi connectivity index (χ1v) is 10.3. The first-order valence-electron chi connectivity index (χ1n) is 9.36. The Balaban J connectivity index is 1.63. The highest BCUT2D eigenvalue weighted by molar-refractivity contribution is 8.01. The summed E-state index contributed by atoms with van der Waals surface area (Å²) in [4.78, 5) is 12.3. The van der Waals surface area contributed by atoms with Crippen LogP contribution in [0.5, 0.6) is 5.75 Å². The van der Waals surface area contributed by atoms with Crippen LogP contribution >= 0.6 is 11.8 Å². The van der Waals surface area contributed by atoms with Crippen LogP contribution in [-0.4, -0.2) is 21.4 Å². The lowest BCUT2D eigenvalue weighted by Gasteiger charge is -2.39. The average molecular weight is 427 g/mol. The first-order chi connectivity index (χ1) is 14.4. The molecule has 1 saturated heterocycles. The second kappa shape index (κ2) is 8.45. The number of hydrogen-bond acceptors (Lipinski definition) is 4. The van der Waals surface area contributed by atoms with Crippen LogP contribution in [0.15, 0.2) is 72.8 Å². The number of β-lactam (4-membered cyclic amide) rings is 1. The van der Waals surface area contributed by atoms with Crippen molar-refractivity contribution in [2.24, 2.45) is 0 Å². The molecule has 3 aromatic carbocycles. The van der Waals surface area contributed by atoms with Gasteiger partial charge in [-0.15, -0.1) is 11.8 Å². The highest BCUT2D eigenvalue weighted by atomic mass is 32.2.